The van der Waals surface area contributed by atoms with Gasteiger partial charge >= 0.3 is 0 Å². The number of hydrogen-bond donors (Lipinski definition) is 0. The van der Waals surface area contributed by atoms with Crippen LogP contribution in [-0.2, 0) is 0 Å². The van der Waals surface area contributed by atoms with Gasteiger partial charge in [-0.25, -0.2) is 0 Å². The molecule has 1 saturated carbocycles. The highest BCUT2D eigenvalue weighted by Gasteiger charge is 2.36. The minimum absolute atomic E-state index is 0.464. The van der Waals surface area contributed by atoms with E-state index in [1.165, 1.54) is 64.5 Å². The largest absolute Gasteiger partial charge is 0.300 e. The first-order chi connectivity index (χ1) is 12.0. The molecule has 0 aromatic carbocycles. The summed E-state index contributed by atoms with van der Waals surface area (Å²) in [5.74, 6) is 3.66. The van der Waals surface area contributed by atoms with Crippen LogP contribution in [0.15, 0.2) is 0 Å². The molecule has 0 N–H and O–H groups in total. The Bertz CT molecular complexity index is 416. The summed E-state index contributed by atoms with van der Waals surface area (Å²) in [7, 11) is 0. The first-order valence-corrected chi connectivity index (χ1v) is 11.7. The van der Waals surface area contributed by atoms with E-state index in [0.29, 0.717) is 10.8 Å². The summed E-state index contributed by atoms with van der Waals surface area (Å²) in [5, 5.41) is 0. The maximum absolute atomic E-state index is 2.81. The van der Waals surface area contributed by atoms with Crippen LogP contribution in [0.25, 0.3) is 0 Å². The van der Waals surface area contributed by atoms with E-state index in [0.717, 1.165) is 29.7 Å². The average molecular weight is 364 g/mol. The fourth-order valence-corrected chi connectivity index (χ4v) is 5.62. The fourth-order valence-electron chi connectivity index (χ4n) is 5.62. The third kappa shape index (κ3) is 5.98. The van der Waals surface area contributed by atoms with E-state index in [-0.39, 0.29) is 0 Å². The van der Waals surface area contributed by atoms with E-state index in [1.54, 1.807) is 0 Å². The Kier molecular flexibility index (Phi) is 7.68. The molecular formula is C25H49N. The van der Waals surface area contributed by atoms with Gasteiger partial charge in [0.2, 0.25) is 0 Å². The van der Waals surface area contributed by atoms with Crippen LogP contribution < -0.4 is 0 Å². The second-order valence-corrected chi connectivity index (χ2v) is 11.9. The van der Waals surface area contributed by atoms with Gasteiger partial charge in [-0.2, -0.15) is 0 Å². The van der Waals surface area contributed by atoms with E-state index in [9.17, 15) is 0 Å². The summed E-state index contributed by atoms with van der Waals surface area (Å²) < 4.78 is 0. The Hall–Kier alpha value is -0.0400. The maximum atomic E-state index is 2.81. The Morgan fingerprint density at radius 2 is 1.54 bits per heavy atom. The van der Waals surface area contributed by atoms with Gasteiger partial charge in [0.25, 0.3) is 0 Å². The van der Waals surface area contributed by atoms with Crippen LogP contribution in [0.5, 0.6) is 0 Å². The highest BCUT2D eigenvalue weighted by atomic mass is 15.2. The van der Waals surface area contributed by atoms with Crippen molar-refractivity contribution in [3.63, 3.8) is 0 Å². The zero-order chi connectivity index (χ0) is 19.5. The minimum atomic E-state index is 0.464. The van der Waals surface area contributed by atoms with E-state index < -0.39 is 0 Å². The predicted molar refractivity (Wildman–Crippen MR) is 117 cm³/mol. The quantitative estimate of drug-likeness (QED) is 0.475. The van der Waals surface area contributed by atoms with Crippen LogP contribution in [0, 0.1) is 34.5 Å². The zero-order valence-electron chi connectivity index (χ0n) is 19.4. The second-order valence-electron chi connectivity index (χ2n) is 11.9. The van der Waals surface area contributed by atoms with Crippen molar-refractivity contribution in [3.05, 3.63) is 0 Å². The van der Waals surface area contributed by atoms with Gasteiger partial charge in [0.15, 0.2) is 0 Å². The molecule has 26 heavy (non-hydrogen) atoms. The number of rotatable bonds is 6. The molecule has 1 saturated heterocycles. The maximum Gasteiger partial charge on any atom is 0.00672 e. The van der Waals surface area contributed by atoms with E-state index >= 15 is 0 Å². The van der Waals surface area contributed by atoms with Gasteiger partial charge < -0.3 is 4.90 Å². The first kappa shape index (κ1) is 22.3. The average Bonchev–Trinajstić information content (AvgIpc) is 2.59. The van der Waals surface area contributed by atoms with Crippen molar-refractivity contribution in [1.82, 2.24) is 4.90 Å². The van der Waals surface area contributed by atoms with Crippen molar-refractivity contribution in [2.45, 2.75) is 113 Å². The Labute approximate surface area is 165 Å². The predicted octanol–water partition coefficient (Wildman–Crippen LogP) is 7.40. The molecule has 2 aliphatic rings. The highest BCUT2D eigenvalue weighted by molar-refractivity contribution is 4.88. The van der Waals surface area contributed by atoms with Crippen LogP contribution in [0.4, 0.5) is 0 Å². The van der Waals surface area contributed by atoms with Crippen LogP contribution >= 0.6 is 0 Å². The lowest BCUT2D eigenvalue weighted by molar-refractivity contribution is 0.0538. The third-order valence-corrected chi connectivity index (χ3v) is 8.27. The molecule has 0 aromatic rings. The third-order valence-electron chi connectivity index (χ3n) is 8.27. The van der Waals surface area contributed by atoms with E-state index in [2.05, 4.69) is 60.3 Å². The Morgan fingerprint density at radius 1 is 0.885 bits per heavy atom. The molecule has 1 aliphatic carbocycles. The van der Waals surface area contributed by atoms with Crippen molar-refractivity contribution in [2.24, 2.45) is 34.5 Å². The summed E-state index contributed by atoms with van der Waals surface area (Å²) in [6.45, 7) is 22.5. The molecule has 154 valence electrons. The molecule has 0 amide bonds. The van der Waals surface area contributed by atoms with Gasteiger partial charge in [-0.3, -0.25) is 0 Å². The molecule has 4 unspecified atom stereocenters. The van der Waals surface area contributed by atoms with E-state index in [1.807, 2.05) is 0 Å². The van der Waals surface area contributed by atoms with Crippen molar-refractivity contribution in [3.8, 4) is 0 Å². The molecule has 1 aliphatic heterocycles. The molecule has 0 aromatic heterocycles. The van der Waals surface area contributed by atoms with Gasteiger partial charge in [0, 0.05) is 12.6 Å². The van der Waals surface area contributed by atoms with Crippen molar-refractivity contribution < 1.29 is 0 Å². The van der Waals surface area contributed by atoms with Gasteiger partial charge in [-0.05, 0) is 86.5 Å². The van der Waals surface area contributed by atoms with Gasteiger partial charge in [0.05, 0.1) is 0 Å². The minimum Gasteiger partial charge on any atom is -0.300 e. The first-order valence-electron chi connectivity index (χ1n) is 11.7. The lowest BCUT2D eigenvalue weighted by Crippen LogP contribution is -2.45. The molecule has 4 atom stereocenters. The van der Waals surface area contributed by atoms with Crippen molar-refractivity contribution in [2.75, 3.05) is 13.1 Å². The molecule has 1 heteroatoms. The Morgan fingerprint density at radius 3 is 2.15 bits per heavy atom. The van der Waals surface area contributed by atoms with Crippen LogP contribution in [0.3, 0.4) is 0 Å². The number of hydrogen-bond acceptors (Lipinski definition) is 1. The Balaban J connectivity index is 1.86. The van der Waals surface area contributed by atoms with Gasteiger partial charge in [-0.15, -0.1) is 0 Å². The summed E-state index contributed by atoms with van der Waals surface area (Å²) in [6.07, 6.45) is 11.5. The summed E-state index contributed by atoms with van der Waals surface area (Å²) >= 11 is 0. The molecule has 1 nitrogen and oxygen atoms in total. The van der Waals surface area contributed by atoms with E-state index in [4.69, 9.17) is 0 Å². The number of piperidine rings is 1. The lowest BCUT2D eigenvalue weighted by Gasteiger charge is -2.44. The van der Waals surface area contributed by atoms with Gasteiger partial charge in [0.1, 0.15) is 0 Å². The zero-order valence-corrected chi connectivity index (χ0v) is 19.4. The van der Waals surface area contributed by atoms with Crippen molar-refractivity contribution in [1.29, 1.82) is 0 Å². The number of nitrogens with zero attached hydrogens (tertiary/aromatic N) is 1. The lowest BCUT2D eigenvalue weighted by atomic mass is 9.64. The molecular weight excluding hydrogens is 314 g/mol. The SMILES string of the molecule is CC(C)C1CCCC(C(C)(C)CCC(C)N2CCCC(C(C)(C)C)C2)C1. The summed E-state index contributed by atoms with van der Waals surface area (Å²) in [5.41, 5.74) is 0.979. The fraction of sp³-hybridized carbons (Fsp3) is 1.00. The molecule has 1 heterocycles. The topological polar surface area (TPSA) is 3.24 Å². The monoisotopic (exact) mass is 363 g/mol. The molecule has 0 bridgehead atoms. The van der Waals surface area contributed by atoms with Gasteiger partial charge in [-0.1, -0.05) is 61.3 Å². The smallest absolute Gasteiger partial charge is 0.00672 e. The normalized spacial score (nSPS) is 30.6. The molecule has 0 radical (unpaired) electrons. The van der Waals surface area contributed by atoms with Crippen LogP contribution in [-0.4, -0.2) is 24.0 Å². The molecule has 2 rings (SSSR count). The van der Waals surface area contributed by atoms with Crippen LogP contribution in [0.1, 0.15) is 107 Å². The van der Waals surface area contributed by atoms with Crippen LogP contribution in [0.2, 0.25) is 0 Å². The number of likely N-dealkylation sites (tertiary alicyclic amines) is 1. The molecule has 2 fully saturated rings. The standard InChI is InChI=1S/C25H49N/c1-19(2)21-11-9-12-22(17-21)25(7,8)15-14-20(3)26-16-10-13-23(18-26)24(4,5)6/h19-23H,9-18H2,1-8H3. The molecule has 0 spiro atoms. The highest BCUT2D eigenvalue weighted by Crippen LogP contribution is 2.45. The summed E-state index contributed by atoms with van der Waals surface area (Å²) in [4.78, 5) is 2.81. The summed E-state index contributed by atoms with van der Waals surface area (Å²) in [6, 6.07) is 0.754. The second kappa shape index (κ2) is 8.97. The van der Waals surface area contributed by atoms with Crippen molar-refractivity contribution >= 4 is 0 Å².